The zero-order chi connectivity index (χ0) is 15.5. The molecular formula is C17H23NO3. The summed E-state index contributed by atoms with van der Waals surface area (Å²) in [7, 11) is 0. The van der Waals surface area contributed by atoms with Crippen LogP contribution in [-0.2, 0) is 4.74 Å². The molecule has 21 heavy (non-hydrogen) atoms. The number of hydrogen-bond donors (Lipinski definition) is 1. The van der Waals surface area contributed by atoms with E-state index in [2.05, 4.69) is 5.32 Å². The molecule has 1 amide bonds. The van der Waals surface area contributed by atoms with Crippen LogP contribution in [0.1, 0.15) is 56.8 Å². The fourth-order valence-corrected chi connectivity index (χ4v) is 2.50. The Morgan fingerprint density at radius 2 is 1.81 bits per heavy atom. The van der Waals surface area contributed by atoms with Crippen molar-refractivity contribution in [3.05, 3.63) is 35.9 Å². The fraction of sp³-hybridized carbons (Fsp3) is 0.529. The van der Waals surface area contributed by atoms with Crippen LogP contribution >= 0.6 is 0 Å². The second-order valence-electron chi connectivity index (χ2n) is 6.73. The summed E-state index contributed by atoms with van der Waals surface area (Å²) in [5.41, 5.74) is -0.275. The van der Waals surface area contributed by atoms with Crippen LogP contribution in [-0.4, -0.2) is 23.0 Å². The Hall–Kier alpha value is -1.84. The zero-order valence-corrected chi connectivity index (χ0v) is 12.9. The maximum Gasteiger partial charge on any atom is 0.408 e. The Morgan fingerprint density at radius 1 is 1.19 bits per heavy atom. The summed E-state index contributed by atoms with van der Waals surface area (Å²) < 4.78 is 5.30. The van der Waals surface area contributed by atoms with E-state index in [-0.39, 0.29) is 5.78 Å². The molecular weight excluding hydrogens is 266 g/mol. The summed E-state index contributed by atoms with van der Waals surface area (Å²) in [5.74, 6) is 0.0614. The van der Waals surface area contributed by atoms with Crippen molar-refractivity contribution in [1.82, 2.24) is 5.32 Å². The van der Waals surface area contributed by atoms with Gasteiger partial charge in [-0.3, -0.25) is 4.79 Å². The van der Waals surface area contributed by atoms with Gasteiger partial charge in [0.1, 0.15) is 5.60 Å². The highest BCUT2D eigenvalue weighted by atomic mass is 16.6. The Morgan fingerprint density at radius 3 is 2.29 bits per heavy atom. The summed E-state index contributed by atoms with van der Waals surface area (Å²) in [5, 5.41) is 2.91. The van der Waals surface area contributed by atoms with E-state index in [1.165, 1.54) is 0 Å². The minimum atomic E-state index is -0.529. The number of hydrogen-bond acceptors (Lipinski definition) is 3. The maximum absolute atomic E-state index is 12.3. The van der Waals surface area contributed by atoms with E-state index in [1.54, 1.807) is 0 Å². The lowest BCUT2D eigenvalue weighted by Gasteiger charge is -2.42. The Bertz CT molecular complexity index is 513. The third kappa shape index (κ3) is 4.31. The predicted octanol–water partition coefficient (Wildman–Crippen LogP) is 3.71. The van der Waals surface area contributed by atoms with Gasteiger partial charge in [0.2, 0.25) is 0 Å². The lowest BCUT2D eigenvalue weighted by atomic mass is 9.73. The molecule has 0 unspecified atom stereocenters. The second-order valence-corrected chi connectivity index (χ2v) is 6.73. The van der Waals surface area contributed by atoms with Crippen LogP contribution in [0.2, 0.25) is 0 Å². The molecule has 2 rings (SSSR count). The molecule has 0 saturated heterocycles. The van der Waals surface area contributed by atoms with Gasteiger partial charge in [0.15, 0.2) is 5.78 Å². The van der Waals surface area contributed by atoms with E-state index in [4.69, 9.17) is 4.74 Å². The number of rotatable bonds is 4. The fourth-order valence-electron chi connectivity index (χ4n) is 2.50. The lowest BCUT2D eigenvalue weighted by molar-refractivity contribution is 0.0371. The molecule has 0 atom stereocenters. The molecule has 1 aliphatic rings. The molecule has 0 heterocycles. The third-order valence-electron chi connectivity index (χ3n) is 3.67. The molecule has 0 aliphatic heterocycles. The van der Waals surface area contributed by atoms with Gasteiger partial charge in [-0.15, -0.1) is 0 Å². The van der Waals surface area contributed by atoms with E-state index < -0.39 is 17.2 Å². The standard InChI is InChI=1S/C17H23NO3/c1-16(2,3)21-15(20)18-17(10-7-11-17)12-14(19)13-8-5-4-6-9-13/h4-6,8-9H,7,10-12H2,1-3H3,(H,18,20). The number of benzene rings is 1. The molecule has 0 spiro atoms. The average Bonchev–Trinajstić information content (AvgIpc) is 2.34. The first kappa shape index (κ1) is 15.5. The summed E-state index contributed by atoms with van der Waals surface area (Å²) in [6.07, 6.45) is 2.56. The average molecular weight is 289 g/mol. The van der Waals surface area contributed by atoms with Crippen molar-refractivity contribution in [3.8, 4) is 0 Å². The third-order valence-corrected chi connectivity index (χ3v) is 3.67. The topological polar surface area (TPSA) is 55.4 Å². The first-order valence-corrected chi connectivity index (χ1v) is 7.39. The molecule has 4 nitrogen and oxygen atoms in total. The molecule has 4 heteroatoms. The van der Waals surface area contributed by atoms with Gasteiger partial charge in [-0.25, -0.2) is 4.79 Å². The van der Waals surface area contributed by atoms with Gasteiger partial charge < -0.3 is 10.1 Å². The molecule has 1 aromatic carbocycles. The number of ketones is 1. The second kappa shape index (κ2) is 5.88. The van der Waals surface area contributed by atoms with Gasteiger partial charge in [-0.2, -0.15) is 0 Å². The Balaban J connectivity index is 1.99. The van der Waals surface area contributed by atoms with Gasteiger partial charge in [0.25, 0.3) is 0 Å². The van der Waals surface area contributed by atoms with Crippen LogP contribution in [0.5, 0.6) is 0 Å². The first-order chi connectivity index (χ1) is 9.80. The van der Waals surface area contributed by atoms with Crippen LogP contribution in [0.25, 0.3) is 0 Å². The van der Waals surface area contributed by atoms with Crippen LogP contribution in [0.4, 0.5) is 4.79 Å². The Labute approximate surface area is 125 Å². The van der Waals surface area contributed by atoms with Crippen molar-refractivity contribution < 1.29 is 14.3 Å². The summed E-state index contributed by atoms with van der Waals surface area (Å²) in [4.78, 5) is 24.3. The zero-order valence-electron chi connectivity index (χ0n) is 12.9. The predicted molar refractivity (Wildman–Crippen MR) is 81.3 cm³/mol. The molecule has 1 saturated carbocycles. The lowest BCUT2D eigenvalue weighted by Crippen LogP contribution is -2.55. The number of amides is 1. The van der Waals surface area contributed by atoms with Gasteiger partial charge in [-0.1, -0.05) is 30.3 Å². The SMILES string of the molecule is CC(C)(C)OC(=O)NC1(CC(=O)c2ccccc2)CCC1. The largest absolute Gasteiger partial charge is 0.444 e. The van der Waals surface area contributed by atoms with E-state index in [0.717, 1.165) is 19.3 Å². The van der Waals surface area contributed by atoms with Gasteiger partial charge in [0, 0.05) is 12.0 Å². The van der Waals surface area contributed by atoms with Crippen LogP contribution < -0.4 is 5.32 Å². The minimum absolute atomic E-state index is 0.0614. The molecule has 1 aromatic rings. The van der Waals surface area contributed by atoms with Crippen molar-refractivity contribution in [3.63, 3.8) is 0 Å². The number of alkyl carbamates (subject to hydrolysis) is 1. The van der Waals surface area contributed by atoms with Crippen LogP contribution in [0.3, 0.4) is 0 Å². The van der Waals surface area contributed by atoms with E-state index in [9.17, 15) is 9.59 Å². The van der Waals surface area contributed by atoms with Crippen molar-refractivity contribution in [2.45, 2.75) is 57.6 Å². The van der Waals surface area contributed by atoms with Crippen molar-refractivity contribution in [2.24, 2.45) is 0 Å². The highest BCUT2D eigenvalue weighted by Crippen LogP contribution is 2.36. The van der Waals surface area contributed by atoms with Crippen LogP contribution in [0, 0.1) is 0 Å². The molecule has 1 aliphatic carbocycles. The van der Waals surface area contributed by atoms with E-state index in [0.29, 0.717) is 12.0 Å². The van der Waals surface area contributed by atoms with Gasteiger partial charge in [0.05, 0.1) is 5.54 Å². The molecule has 0 bridgehead atoms. The molecule has 0 radical (unpaired) electrons. The van der Waals surface area contributed by atoms with Crippen LogP contribution in [0.15, 0.2) is 30.3 Å². The van der Waals surface area contributed by atoms with Gasteiger partial charge in [-0.05, 0) is 40.0 Å². The number of ether oxygens (including phenoxy) is 1. The van der Waals surface area contributed by atoms with E-state index in [1.807, 2.05) is 51.1 Å². The summed E-state index contributed by atoms with van der Waals surface area (Å²) in [6.45, 7) is 5.49. The monoisotopic (exact) mass is 289 g/mol. The highest BCUT2D eigenvalue weighted by Gasteiger charge is 2.41. The normalized spacial score (nSPS) is 16.7. The van der Waals surface area contributed by atoms with Crippen molar-refractivity contribution in [2.75, 3.05) is 0 Å². The summed E-state index contributed by atoms with van der Waals surface area (Å²) >= 11 is 0. The molecule has 114 valence electrons. The highest BCUT2D eigenvalue weighted by molar-refractivity contribution is 5.97. The number of carbonyl (C=O) groups is 2. The number of carbonyl (C=O) groups excluding carboxylic acids is 2. The Kier molecular flexibility index (Phi) is 4.35. The van der Waals surface area contributed by atoms with Crippen molar-refractivity contribution in [1.29, 1.82) is 0 Å². The van der Waals surface area contributed by atoms with Gasteiger partial charge >= 0.3 is 6.09 Å². The number of Topliss-reactive ketones (excluding diaryl/α,β-unsaturated/α-hetero) is 1. The quantitative estimate of drug-likeness (QED) is 0.860. The molecule has 1 N–H and O–H groups in total. The minimum Gasteiger partial charge on any atom is -0.444 e. The number of nitrogens with one attached hydrogen (secondary N) is 1. The van der Waals surface area contributed by atoms with E-state index >= 15 is 0 Å². The summed E-state index contributed by atoms with van der Waals surface area (Å²) in [6, 6.07) is 9.20. The smallest absolute Gasteiger partial charge is 0.408 e. The van der Waals surface area contributed by atoms with Crippen molar-refractivity contribution >= 4 is 11.9 Å². The first-order valence-electron chi connectivity index (χ1n) is 7.39. The molecule has 1 fully saturated rings. The maximum atomic E-state index is 12.3. The molecule has 0 aromatic heterocycles.